The molecule has 3 aromatic rings. The van der Waals surface area contributed by atoms with Crippen molar-refractivity contribution in [1.82, 2.24) is 4.98 Å². The number of aryl methyl sites for hydroxylation is 1. The van der Waals surface area contributed by atoms with Crippen LogP contribution < -0.4 is 10.6 Å². The normalized spacial score (nSPS) is 10.5. The molecular formula is C19H14F3N3O2S. The van der Waals surface area contributed by atoms with Crippen LogP contribution in [0.3, 0.4) is 0 Å². The van der Waals surface area contributed by atoms with Crippen LogP contribution in [0.5, 0.6) is 0 Å². The van der Waals surface area contributed by atoms with Gasteiger partial charge in [0.2, 0.25) is 5.91 Å². The third kappa shape index (κ3) is 5.17. The van der Waals surface area contributed by atoms with Gasteiger partial charge in [0, 0.05) is 29.1 Å². The minimum absolute atomic E-state index is 0.0775. The van der Waals surface area contributed by atoms with Crippen LogP contribution >= 0.6 is 11.3 Å². The Morgan fingerprint density at radius 3 is 2.43 bits per heavy atom. The van der Waals surface area contributed by atoms with E-state index in [4.69, 9.17) is 0 Å². The number of carbonyl (C=O) groups is 2. The Hall–Kier alpha value is -3.20. The van der Waals surface area contributed by atoms with E-state index in [1.165, 1.54) is 41.7 Å². The number of anilines is 2. The zero-order valence-electron chi connectivity index (χ0n) is 14.3. The lowest BCUT2D eigenvalue weighted by atomic mass is 10.2. The molecule has 0 aliphatic heterocycles. The lowest BCUT2D eigenvalue weighted by molar-refractivity contribution is -0.116. The van der Waals surface area contributed by atoms with Crippen LogP contribution in [0, 0.1) is 17.5 Å². The van der Waals surface area contributed by atoms with E-state index in [9.17, 15) is 22.8 Å². The first-order chi connectivity index (χ1) is 13.4. The summed E-state index contributed by atoms with van der Waals surface area (Å²) in [6.07, 6.45) is 0.381. The monoisotopic (exact) mass is 405 g/mol. The molecule has 144 valence electrons. The second-order valence-electron chi connectivity index (χ2n) is 5.78. The molecule has 9 heteroatoms. The molecule has 0 atom stereocenters. The zero-order valence-corrected chi connectivity index (χ0v) is 15.2. The molecule has 0 spiro atoms. The van der Waals surface area contributed by atoms with Crippen molar-refractivity contribution in [1.29, 1.82) is 0 Å². The van der Waals surface area contributed by atoms with E-state index < -0.39 is 23.4 Å². The first-order valence-electron chi connectivity index (χ1n) is 8.17. The molecule has 0 fully saturated rings. The topological polar surface area (TPSA) is 71.1 Å². The summed E-state index contributed by atoms with van der Waals surface area (Å²) in [5.74, 6) is -3.27. The third-order valence-corrected chi connectivity index (χ3v) is 4.50. The van der Waals surface area contributed by atoms with E-state index in [1.54, 1.807) is 5.38 Å². The van der Waals surface area contributed by atoms with Gasteiger partial charge in [-0.05, 0) is 42.8 Å². The third-order valence-electron chi connectivity index (χ3n) is 3.69. The van der Waals surface area contributed by atoms with Crippen molar-refractivity contribution in [2.75, 3.05) is 10.6 Å². The van der Waals surface area contributed by atoms with Gasteiger partial charge in [0.25, 0.3) is 5.91 Å². The van der Waals surface area contributed by atoms with Gasteiger partial charge in [-0.1, -0.05) is 0 Å². The maximum atomic E-state index is 13.1. The molecule has 2 N–H and O–H groups in total. The molecule has 0 bridgehead atoms. The van der Waals surface area contributed by atoms with Crippen molar-refractivity contribution in [2.24, 2.45) is 0 Å². The van der Waals surface area contributed by atoms with Gasteiger partial charge in [-0.15, -0.1) is 11.3 Å². The molecule has 3 rings (SSSR count). The molecule has 0 unspecified atom stereocenters. The fraction of sp³-hybridized carbons (Fsp3) is 0.105. The number of amides is 2. The Morgan fingerprint density at radius 2 is 1.71 bits per heavy atom. The zero-order chi connectivity index (χ0) is 20.1. The summed E-state index contributed by atoms with van der Waals surface area (Å²) in [5, 5.41) is 7.13. The standard InChI is InChI=1S/C19H14F3N3O2S/c20-12-3-1-11(2-4-12)18(27)25-19-24-14(10-28-19)6-8-17(26)23-13-5-7-15(21)16(22)9-13/h1-5,7,9-10H,6,8H2,(H,23,26)(H,24,25,27). The van der Waals surface area contributed by atoms with Crippen molar-refractivity contribution in [3.63, 3.8) is 0 Å². The number of hydrogen-bond donors (Lipinski definition) is 2. The number of aromatic nitrogens is 1. The summed E-state index contributed by atoms with van der Waals surface area (Å²) in [5.41, 5.74) is 1.05. The smallest absolute Gasteiger partial charge is 0.257 e. The van der Waals surface area contributed by atoms with Crippen LogP contribution in [0.4, 0.5) is 24.0 Å². The van der Waals surface area contributed by atoms with Gasteiger partial charge < -0.3 is 5.32 Å². The molecule has 2 amide bonds. The van der Waals surface area contributed by atoms with Crippen LogP contribution in [-0.4, -0.2) is 16.8 Å². The summed E-state index contributed by atoms with van der Waals surface area (Å²) in [6, 6.07) is 8.20. The molecule has 2 aromatic carbocycles. The second-order valence-corrected chi connectivity index (χ2v) is 6.64. The average molecular weight is 405 g/mol. The highest BCUT2D eigenvalue weighted by atomic mass is 32.1. The minimum Gasteiger partial charge on any atom is -0.326 e. The Morgan fingerprint density at radius 1 is 0.964 bits per heavy atom. The maximum Gasteiger partial charge on any atom is 0.257 e. The Balaban J connectivity index is 1.51. The molecule has 0 aliphatic carbocycles. The van der Waals surface area contributed by atoms with Gasteiger partial charge in [0.1, 0.15) is 5.82 Å². The number of thiazole rings is 1. The lowest BCUT2D eigenvalue weighted by Crippen LogP contribution is -2.13. The fourth-order valence-electron chi connectivity index (χ4n) is 2.29. The van der Waals surface area contributed by atoms with Crippen LogP contribution in [0.1, 0.15) is 22.5 Å². The van der Waals surface area contributed by atoms with Crippen molar-refractivity contribution in [2.45, 2.75) is 12.8 Å². The number of nitrogens with zero attached hydrogens (tertiary/aromatic N) is 1. The van der Waals surface area contributed by atoms with E-state index in [0.29, 0.717) is 22.8 Å². The minimum atomic E-state index is -1.04. The van der Waals surface area contributed by atoms with E-state index >= 15 is 0 Å². The van der Waals surface area contributed by atoms with Crippen molar-refractivity contribution < 1.29 is 22.8 Å². The molecule has 5 nitrogen and oxygen atoms in total. The number of hydrogen-bond acceptors (Lipinski definition) is 4. The summed E-state index contributed by atoms with van der Waals surface area (Å²) >= 11 is 1.19. The van der Waals surface area contributed by atoms with Crippen LogP contribution in [-0.2, 0) is 11.2 Å². The van der Waals surface area contributed by atoms with Crippen molar-refractivity contribution >= 4 is 34.0 Å². The molecule has 1 heterocycles. The van der Waals surface area contributed by atoms with Gasteiger partial charge >= 0.3 is 0 Å². The quantitative estimate of drug-likeness (QED) is 0.639. The molecular weight excluding hydrogens is 391 g/mol. The SMILES string of the molecule is O=C(CCc1csc(NC(=O)c2ccc(F)cc2)n1)Nc1ccc(F)c(F)c1. The van der Waals surface area contributed by atoms with E-state index in [1.807, 2.05) is 0 Å². The summed E-state index contributed by atoms with van der Waals surface area (Å²) in [7, 11) is 0. The number of halogens is 3. The second kappa shape index (κ2) is 8.66. The van der Waals surface area contributed by atoms with Crippen LogP contribution in [0.2, 0.25) is 0 Å². The number of rotatable bonds is 6. The van der Waals surface area contributed by atoms with Gasteiger partial charge in [-0.2, -0.15) is 0 Å². The number of nitrogens with one attached hydrogen (secondary N) is 2. The fourth-order valence-corrected chi connectivity index (χ4v) is 3.03. The maximum absolute atomic E-state index is 13.1. The van der Waals surface area contributed by atoms with Crippen molar-refractivity contribution in [3.8, 4) is 0 Å². The van der Waals surface area contributed by atoms with Gasteiger partial charge in [0.05, 0.1) is 5.69 Å². The molecule has 1 aromatic heterocycles. The van der Waals surface area contributed by atoms with Gasteiger partial charge in [-0.25, -0.2) is 18.2 Å². The lowest BCUT2D eigenvalue weighted by Gasteiger charge is -2.05. The van der Waals surface area contributed by atoms with E-state index in [0.717, 1.165) is 12.1 Å². The van der Waals surface area contributed by atoms with Gasteiger partial charge in [0.15, 0.2) is 16.8 Å². The Kier molecular flexibility index (Phi) is 6.05. The van der Waals surface area contributed by atoms with E-state index in [2.05, 4.69) is 15.6 Å². The largest absolute Gasteiger partial charge is 0.326 e. The first kappa shape index (κ1) is 19.6. The van der Waals surface area contributed by atoms with Crippen molar-refractivity contribution in [3.05, 3.63) is 76.6 Å². The summed E-state index contributed by atoms with van der Waals surface area (Å²) < 4.78 is 38.9. The molecule has 0 aliphatic rings. The highest BCUT2D eigenvalue weighted by Gasteiger charge is 2.11. The van der Waals surface area contributed by atoms with Crippen LogP contribution in [0.15, 0.2) is 47.8 Å². The van der Waals surface area contributed by atoms with Gasteiger partial charge in [-0.3, -0.25) is 14.9 Å². The summed E-state index contributed by atoms with van der Waals surface area (Å²) in [6.45, 7) is 0. The molecule has 0 saturated carbocycles. The molecule has 28 heavy (non-hydrogen) atoms. The number of benzene rings is 2. The number of carbonyl (C=O) groups excluding carboxylic acids is 2. The van der Waals surface area contributed by atoms with Crippen LogP contribution in [0.25, 0.3) is 0 Å². The Labute approximate surface area is 162 Å². The highest BCUT2D eigenvalue weighted by molar-refractivity contribution is 7.14. The van der Waals surface area contributed by atoms with E-state index in [-0.39, 0.29) is 18.0 Å². The average Bonchev–Trinajstić information content (AvgIpc) is 3.11. The first-order valence-corrected chi connectivity index (χ1v) is 9.05. The Bertz CT molecular complexity index is 1010. The molecule has 0 radical (unpaired) electrons. The predicted octanol–water partition coefficient (Wildman–Crippen LogP) is 4.38. The molecule has 0 saturated heterocycles. The predicted molar refractivity (Wildman–Crippen MR) is 99.8 cm³/mol. The highest BCUT2D eigenvalue weighted by Crippen LogP contribution is 2.18. The summed E-state index contributed by atoms with van der Waals surface area (Å²) in [4.78, 5) is 28.2.